The summed E-state index contributed by atoms with van der Waals surface area (Å²) in [6.45, 7) is 0. The van der Waals surface area contributed by atoms with Gasteiger partial charge in [0, 0.05) is 0 Å². The van der Waals surface area contributed by atoms with Gasteiger partial charge in [-0.15, -0.1) is 0 Å². The van der Waals surface area contributed by atoms with Crippen LogP contribution in [0.15, 0.2) is 0 Å². The molecule has 0 bridgehead atoms. The zero-order chi connectivity index (χ0) is 25.0. The Morgan fingerprint density at radius 1 is 0.167 bits per heavy atom. The maximum atomic E-state index is 8.33. The normalized spacial score (nSPS) is 2.80. The first-order valence-electron chi connectivity index (χ1n) is 4.29. The van der Waals surface area contributed by atoms with Crippen LogP contribution in [-0.2, 0) is 177 Å². The fraction of sp³-hybridized carbons (Fsp3) is 0. The number of hydrogen-bond acceptors (Lipinski definition) is 21. The van der Waals surface area contributed by atoms with Crippen molar-refractivity contribution in [1.29, 1.82) is 0 Å². The molecule has 0 spiro atoms. The van der Waals surface area contributed by atoms with Crippen LogP contribution < -0.4 is 185 Å². The monoisotopic (exact) mass is 1760 g/mol. The minimum Gasteiger partial charge on any atom is -2.00 e. The predicted octanol–water partition coefficient (Wildman–Crippen LogP) is -39.1. The number of rotatable bonds is 0. The fourth-order valence-electron chi connectivity index (χ4n) is 0. The summed E-state index contributed by atoms with van der Waals surface area (Å²) in [5.74, 6) is 0. The number of carbonyl (C=O) groups excluding carboxylic acids is 7. The molecule has 53 heteroatoms. The van der Waals surface area contributed by atoms with Crippen molar-refractivity contribution < 1.29 is 396 Å². The molecule has 0 fully saturated rings. The quantitative estimate of drug-likeness (QED) is 0.203. The van der Waals surface area contributed by atoms with Crippen LogP contribution >= 0.6 is 0 Å². The summed E-state index contributed by atoms with van der Waals surface area (Å²) in [6.07, 6.45) is -16.3. The second-order valence-electron chi connectivity index (χ2n) is 1.75. The second-order valence-corrected chi connectivity index (χ2v) is 1.75. The van der Waals surface area contributed by atoms with Crippen molar-refractivity contribution >= 4 is 187 Å². The summed E-state index contributed by atoms with van der Waals surface area (Å²) in [5.41, 5.74) is 0. The minimum absolute atomic E-state index is 0. The Kier molecular flexibility index (Phi) is 2360. The maximum Gasteiger partial charge on any atom is 4.00 e. The molecule has 0 aromatic rings. The van der Waals surface area contributed by atoms with E-state index in [-0.39, 0.29) is 434 Å². The molecule has 60 heavy (non-hydrogen) atoms. The van der Waals surface area contributed by atoms with Gasteiger partial charge in [-0.1, -0.05) is 0 Å². The summed E-state index contributed by atoms with van der Waals surface area (Å²) in [4.78, 5) is 58.3. The molecule has 0 atom stereocenters. The molecule has 0 saturated carbocycles. The Balaban J connectivity index is -0.00000000213. The van der Waals surface area contributed by atoms with Crippen LogP contribution in [0.3, 0.4) is 0 Å². The summed E-state index contributed by atoms with van der Waals surface area (Å²) in [6, 6.07) is 0. The Bertz CT molecular complexity index is 388. The van der Waals surface area contributed by atoms with Crippen LogP contribution in [0.5, 0.6) is 0 Å². The molecule has 0 aromatic carbocycles. The molecule has 35 nitrogen and oxygen atoms in total. The zero-order valence-electron chi connectivity index (χ0n) is 28.8. The number of carbonyl (C=O) groups is 7. The molecule has 0 rings (SSSR count). The molecule has 0 heterocycles. The summed E-state index contributed by atoms with van der Waals surface area (Å²) in [5, 5.41) is 117. The van der Waals surface area contributed by atoms with Gasteiger partial charge >= 0.3 is 357 Å². The van der Waals surface area contributed by atoms with E-state index in [2.05, 4.69) is 0 Å². The second kappa shape index (κ2) is 368. The molecule has 6 radical (unpaired) electrons. The molecule has 0 aliphatic rings. The SMILES string of the molecule is O=C([O-])[O-].O=C([O-])[O-].O=C([O-])[O-].O=C([O-])[O-].O=C([O-])[O-].O=C([O-])[O-].O=C([O-])[O-].[Co+2].[Co+2].[Co+2].[Co+2].[Co+2].[Co+2].[Li+].[Li+].[Li+].[Li+].[Li+].[Li+].[O-2].[O-2].[O-2].[O-2].[O-2].[O-2].[O-2].[O-2].[O-2].[O-2].[O-2].[O-2].[O-2].[O-2].[Sn+4].[Sn+4].[Sn+4].[Sn+4].[Sn+4].[Sn+4]. The first-order valence-corrected chi connectivity index (χ1v) is 4.29. The van der Waals surface area contributed by atoms with Gasteiger partial charge in [-0.25, -0.2) is 0 Å². The van der Waals surface area contributed by atoms with Crippen LogP contribution in [0.4, 0.5) is 33.6 Å². The molecule has 0 aromatic heterocycles. The fourth-order valence-corrected chi connectivity index (χ4v) is 0. The Labute approximate surface area is 572 Å². The molecule has 0 amide bonds. The van der Waals surface area contributed by atoms with E-state index in [0.29, 0.717) is 0 Å². The molecular weight excluding hydrogens is 1750 g/mol. The number of hydrogen-bond donors (Lipinski definition) is 0. The van der Waals surface area contributed by atoms with Crippen molar-refractivity contribution in [1.82, 2.24) is 0 Å². The van der Waals surface area contributed by atoms with Crippen molar-refractivity contribution in [2.45, 2.75) is 0 Å². The van der Waals surface area contributed by atoms with Crippen molar-refractivity contribution in [2.24, 2.45) is 0 Å². The molecule has 0 unspecified atom stereocenters. The third kappa shape index (κ3) is 7600. The van der Waals surface area contributed by atoms with Gasteiger partial charge in [-0.05, 0) is 43.1 Å². The topological polar surface area (TPSA) is 841 Å². The van der Waals surface area contributed by atoms with E-state index < -0.39 is 43.1 Å². The van der Waals surface area contributed by atoms with Gasteiger partial charge < -0.3 is 182 Å². The van der Waals surface area contributed by atoms with Gasteiger partial charge in [-0.2, -0.15) is 0 Å². The minimum atomic E-state index is -2.33. The average Bonchev–Trinajstić information content (AvgIpc) is 2.20. The van der Waals surface area contributed by atoms with Crippen LogP contribution in [0.2, 0.25) is 0 Å². The van der Waals surface area contributed by atoms with Gasteiger partial charge in [0.1, 0.15) is 0 Å². The third-order valence-electron chi connectivity index (χ3n) is 0. The van der Waals surface area contributed by atoms with E-state index >= 15 is 0 Å². The molecule has 0 saturated heterocycles. The van der Waals surface area contributed by atoms with E-state index in [1.165, 1.54) is 0 Å². The van der Waals surface area contributed by atoms with E-state index in [1.54, 1.807) is 0 Å². The molecule has 0 aliphatic heterocycles. The van der Waals surface area contributed by atoms with Gasteiger partial charge in [0.05, 0.1) is 0 Å². The van der Waals surface area contributed by atoms with Crippen molar-refractivity contribution in [3.05, 3.63) is 0 Å². The van der Waals surface area contributed by atoms with E-state index in [1.807, 2.05) is 0 Å². The van der Waals surface area contributed by atoms with Gasteiger partial charge in [0.15, 0.2) is 0 Å². The summed E-state index contributed by atoms with van der Waals surface area (Å²) in [7, 11) is 0. The summed E-state index contributed by atoms with van der Waals surface area (Å²) >= 11 is 0. The van der Waals surface area contributed by atoms with E-state index in [4.69, 9.17) is 105 Å². The summed E-state index contributed by atoms with van der Waals surface area (Å²) < 4.78 is 0. The Morgan fingerprint density at radius 3 is 0.167 bits per heavy atom. The van der Waals surface area contributed by atoms with E-state index in [9.17, 15) is 0 Å². The van der Waals surface area contributed by atoms with Crippen molar-refractivity contribution in [3.8, 4) is 0 Å². The van der Waals surface area contributed by atoms with Gasteiger partial charge in [0.2, 0.25) is 0 Å². The molecule has 0 aliphatic carbocycles. The third-order valence-corrected chi connectivity index (χ3v) is 0. The first kappa shape index (κ1) is 385. The maximum absolute atomic E-state index is 8.33. The zero-order valence-corrected chi connectivity index (χ0v) is 52.2. The van der Waals surface area contributed by atoms with Crippen molar-refractivity contribution in [2.75, 3.05) is 0 Å². The Hall–Kier alpha value is 5.75. The predicted molar refractivity (Wildman–Crippen MR) is 81.9 cm³/mol. The average molecular weight is 1750 g/mol. The Morgan fingerprint density at radius 2 is 0.167 bits per heavy atom. The smallest absolute Gasteiger partial charge is 2.00 e. The van der Waals surface area contributed by atoms with Crippen LogP contribution in [0, 0.1) is 0 Å². The first-order chi connectivity index (χ1) is 12.1. The number of carboxylic acid groups (broad SMARTS) is 14. The standard InChI is InChI=1S/7CH2O3.6Co.6Li.14O.6Sn/c7*2-1(3)4;;;;;;;;;;;;;;;;;;;;;;;;;;;;;;;;/h7*(H2,2,3,4);;;;;;;;;;;;;;;;;;;;;;;;;;;;;;;;/q;;;;;;;6*+2;6*+1;14*-2;6*+4/p-14. The largest absolute Gasteiger partial charge is 4.00 e. The van der Waals surface area contributed by atoms with Crippen LogP contribution in [0.1, 0.15) is 0 Å². The van der Waals surface area contributed by atoms with Crippen molar-refractivity contribution in [3.63, 3.8) is 0 Å². The van der Waals surface area contributed by atoms with Crippen LogP contribution in [0.25, 0.3) is 0 Å². The van der Waals surface area contributed by atoms with Gasteiger partial charge in [0.25, 0.3) is 0 Å². The molecular formula is C7Co6Li6O35Sn6. The van der Waals surface area contributed by atoms with Crippen LogP contribution in [-0.4, -0.2) is 187 Å². The molecule has 322 valence electrons. The van der Waals surface area contributed by atoms with E-state index in [0.717, 1.165) is 0 Å². The molecule has 0 N–H and O–H groups in total. The van der Waals surface area contributed by atoms with Gasteiger partial charge in [-0.3, -0.25) is 0 Å².